The molecule has 0 unspecified atom stereocenters. The van der Waals surface area contributed by atoms with Gasteiger partial charge >= 0.3 is 0 Å². The lowest BCUT2D eigenvalue weighted by Gasteiger charge is -2.16. The first-order chi connectivity index (χ1) is 12.4. The van der Waals surface area contributed by atoms with Crippen molar-refractivity contribution in [3.8, 4) is 17.2 Å². The van der Waals surface area contributed by atoms with E-state index in [1.165, 1.54) is 12.1 Å². The molecule has 2 aromatic carbocycles. The molecule has 0 aliphatic carbocycles. The summed E-state index contributed by atoms with van der Waals surface area (Å²) in [4.78, 5) is 23.6. The number of halogens is 1. The molecule has 0 radical (unpaired) electrons. The minimum absolute atomic E-state index is 0.120. The van der Waals surface area contributed by atoms with Crippen LogP contribution in [0.15, 0.2) is 36.4 Å². The van der Waals surface area contributed by atoms with Gasteiger partial charge in [0.2, 0.25) is 6.79 Å². The van der Waals surface area contributed by atoms with Crippen LogP contribution in [0.3, 0.4) is 0 Å². The van der Waals surface area contributed by atoms with E-state index in [0.29, 0.717) is 16.5 Å². The number of primary amides is 1. The Hall–Kier alpha value is -2.93. The molecule has 3 N–H and O–H groups in total. The van der Waals surface area contributed by atoms with Gasteiger partial charge in [-0.1, -0.05) is 17.7 Å². The first kappa shape index (κ1) is 17.9. The van der Waals surface area contributed by atoms with Gasteiger partial charge in [-0.05, 0) is 42.8 Å². The number of hydrogen-bond donors (Lipinski definition) is 2. The topological polar surface area (TPSA) is 99.9 Å². The quantitative estimate of drug-likeness (QED) is 0.806. The van der Waals surface area contributed by atoms with E-state index >= 15 is 0 Å². The Morgan fingerprint density at radius 1 is 1.23 bits per heavy atom. The second kappa shape index (κ2) is 7.53. The third-order valence-corrected chi connectivity index (χ3v) is 4.08. The third-order valence-electron chi connectivity index (χ3n) is 3.84. The maximum Gasteiger partial charge on any atom is 0.258 e. The molecular formula is C18H17ClN2O5. The first-order valence-electron chi connectivity index (χ1n) is 7.85. The fourth-order valence-electron chi connectivity index (χ4n) is 2.51. The van der Waals surface area contributed by atoms with Crippen molar-refractivity contribution in [2.75, 3.05) is 13.4 Å². The number of carbonyl (C=O) groups is 2. The molecule has 0 saturated heterocycles. The van der Waals surface area contributed by atoms with Crippen LogP contribution in [0.5, 0.6) is 17.2 Å². The Labute approximate surface area is 155 Å². The number of amides is 2. The predicted octanol–water partition coefficient (Wildman–Crippen LogP) is 2.42. The van der Waals surface area contributed by atoms with Crippen molar-refractivity contribution in [2.45, 2.75) is 13.0 Å². The second-order valence-corrected chi connectivity index (χ2v) is 6.13. The molecule has 136 valence electrons. The van der Waals surface area contributed by atoms with Crippen molar-refractivity contribution in [1.29, 1.82) is 0 Å². The smallest absolute Gasteiger partial charge is 0.258 e. The Balaban J connectivity index is 1.60. The van der Waals surface area contributed by atoms with Gasteiger partial charge in [-0.2, -0.15) is 0 Å². The standard InChI is InChI=1S/C18H17ClN2O5/c1-10(11-2-4-15-16(6-11)26-9-25-15)21-17(22)8-24-14-5-3-12(19)7-13(14)18(20)23/h2-7,10H,8-9H2,1H3,(H2,20,23)(H,21,22)/t10-/m1/s1. The fourth-order valence-corrected chi connectivity index (χ4v) is 2.68. The Kier molecular flexibility index (Phi) is 5.18. The molecule has 1 aliphatic heterocycles. The van der Waals surface area contributed by atoms with Crippen molar-refractivity contribution in [3.05, 3.63) is 52.5 Å². The maximum atomic E-state index is 12.1. The van der Waals surface area contributed by atoms with E-state index in [1.54, 1.807) is 12.1 Å². The molecule has 0 fully saturated rings. The summed E-state index contributed by atoms with van der Waals surface area (Å²) in [5, 5.41) is 3.17. The predicted molar refractivity (Wildman–Crippen MR) is 94.6 cm³/mol. The van der Waals surface area contributed by atoms with Crippen LogP contribution in [0.2, 0.25) is 5.02 Å². The molecule has 0 aromatic heterocycles. The lowest BCUT2D eigenvalue weighted by Crippen LogP contribution is -2.31. The maximum absolute atomic E-state index is 12.1. The monoisotopic (exact) mass is 376 g/mol. The van der Waals surface area contributed by atoms with Crippen LogP contribution in [0.4, 0.5) is 0 Å². The minimum Gasteiger partial charge on any atom is -0.483 e. The van der Waals surface area contributed by atoms with E-state index in [4.69, 9.17) is 31.5 Å². The van der Waals surface area contributed by atoms with Crippen molar-refractivity contribution < 1.29 is 23.8 Å². The van der Waals surface area contributed by atoms with Crippen LogP contribution in [-0.4, -0.2) is 25.2 Å². The van der Waals surface area contributed by atoms with Crippen LogP contribution >= 0.6 is 11.6 Å². The van der Waals surface area contributed by atoms with E-state index in [-0.39, 0.29) is 36.7 Å². The molecule has 0 bridgehead atoms. The zero-order valence-corrected chi connectivity index (χ0v) is 14.7. The largest absolute Gasteiger partial charge is 0.483 e. The van der Waals surface area contributed by atoms with Crippen LogP contribution in [0.1, 0.15) is 28.9 Å². The van der Waals surface area contributed by atoms with Gasteiger partial charge in [0.15, 0.2) is 18.1 Å². The zero-order valence-electron chi connectivity index (χ0n) is 14.0. The third kappa shape index (κ3) is 4.00. The second-order valence-electron chi connectivity index (χ2n) is 5.70. The summed E-state index contributed by atoms with van der Waals surface area (Å²) in [5.41, 5.74) is 6.28. The molecule has 0 saturated carbocycles. The van der Waals surface area contributed by atoms with Gasteiger partial charge < -0.3 is 25.3 Å². The SMILES string of the molecule is C[C@@H](NC(=O)COc1ccc(Cl)cc1C(N)=O)c1ccc2c(c1)OCO2. The molecule has 1 heterocycles. The average Bonchev–Trinajstić information content (AvgIpc) is 3.08. The van der Waals surface area contributed by atoms with Crippen LogP contribution < -0.4 is 25.3 Å². The summed E-state index contributed by atoms with van der Waals surface area (Å²) in [6.45, 7) is 1.76. The number of hydrogen-bond acceptors (Lipinski definition) is 5. The molecule has 2 amide bonds. The molecule has 7 nitrogen and oxygen atoms in total. The van der Waals surface area contributed by atoms with Crippen molar-refractivity contribution in [1.82, 2.24) is 5.32 Å². The van der Waals surface area contributed by atoms with Gasteiger partial charge in [-0.25, -0.2) is 0 Å². The van der Waals surface area contributed by atoms with Crippen LogP contribution in [0.25, 0.3) is 0 Å². The summed E-state index contributed by atoms with van der Waals surface area (Å²) < 4.78 is 16.0. The normalized spacial score (nSPS) is 13.2. The fraction of sp³-hybridized carbons (Fsp3) is 0.222. The Morgan fingerprint density at radius 3 is 2.77 bits per heavy atom. The number of fused-ring (bicyclic) bond motifs is 1. The summed E-state index contributed by atoms with van der Waals surface area (Å²) in [6.07, 6.45) is 0. The van der Waals surface area contributed by atoms with E-state index in [2.05, 4.69) is 5.32 Å². The van der Waals surface area contributed by atoms with Gasteiger partial charge in [0.05, 0.1) is 11.6 Å². The molecule has 0 spiro atoms. The summed E-state index contributed by atoms with van der Waals surface area (Å²) in [7, 11) is 0. The molecule has 1 aliphatic rings. The van der Waals surface area contributed by atoms with E-state index in [1.807, 2.05) is 19.1 Å². The highest BCUT2D eigenvalue weighted by Gasteiger charge is 2.17. The van der Waals surface area contributed by atoms with Gasteiger partial charge in [-0.3, -0.25) is 9.59 Å². The van der Waals surface area contributed by atoms with Crippen molar-refractivity contribution in [3.63, 3.8) is 0 Å². The Morgan fingerprint density at radius 2 is 2.00 bits per heavy atom. The highest BCUT2D eigenvalue weighted by molar-refractivity contribution is 6.31. The number of ether oxygens (including phenoxy) is 3. The number of nitrogens with one attached hydrogen (secondary N) is 1. The molecular weight excluding hydrogens is 360 g/mol. The lowest BCUT2D eigenvalue weighted by molar-refractivity contribution is -0.123. The lowest BCUT2D eigenvalue weighted by atomic mass is 10.1. The van der Waals surface area contributed by atoms with Crippen LogP contribution in [-0.2, 0) is 4.79 Å². The number of carbonyl (C=O) groups excluding carboxylic acids is 2. The Bertz CT molecular complexity index is 855. The van der Waals surface area contributed by atoms with E-state index < -0.39 is 5.91 Å². The molecule has 26 heavy (non-hydrogen) atoms. The molecule has 3 rings (SSSR count). The van der Waals surface area contributed by atoms with Gasteiger partial charge in [0, 0.05) is 5.02 Å². The molecule has 2 aromatic rings. The summed E-state index contributed by atoms with van der Waals surface area (Å²) >= 11 is 5.84. The number of benzene rings is 2. The van der Waals surface area contributed by atoms with Gasteiger partial charge in [0.1, 0.15) is 5.75 Å². The highest BCUT2D eigenvalue weighted by Crippen LogP contribution is 2.34. The van der Waals surface area contributed by atoms with Crippen molar-refractivity contribution in [2.24, 2.45) is 5.73 Å². The molecule has 8 heteroatoms. The highest BCUT2D eigenvalue weighted by atomic mass is 35.5. The van der Waals surface area contributed by atoms with Crippen molar-refractivity contribution >= 4 is 23.4 Å². The van der Waals surface area contributed by atoms with E-state index in [0.717, 1.165) is 5.56 Å². The summed E-state index contributed by atoms with van der Waals surface area (Å²) in [5.74, 6) is 0.495. The first-order valence-corrected chi connectivity index (χ1v) is 8.23. The van der Waals surface area contributed by atoms with Gasteiger partial charge in [-0.15, -0.1) is 0 Å². The van der Waals surface area contributed by atoms with Crippen LogP contribution in [0, 0.1) is 0 Å². The average molecular weight is 377 g/mol. The minimum atomic E-state index is -0.684. The zero-order chi connectivity index (χ0) is 18.7. The molecule has 1 atom stereocenters. The number of rotatable bonds is 6. The van der Waals surface area contributed by atoms with Gasteiger partial charge in [0.25, 0.3) is 11.8 Å². The number of nitrogens with two attached hydrogens (primary N) is 1. The van der Waals surface area contributed by atoms with E-state index in [9.17, 15) is 9.59 Å². The summed E-state index contributed by atoms with van der Waals surface area (Å²) in [6, 6.07) is 9.65.